The molecule has 0 saturated heterocycles. The number of hydrogen-bond donors (Lipinski definition) is 2. The molecule has 148 valence electrons. The molecule has 1 aromatic heterocycles. The van der Waals surface area contributed by atoms with E-state index in [0.717, 1.165) is 48.9 Å². The minimum atomic E-state index is -0.544. The Bertz CT molecular complexity index is 846. The van der Waals surface area contributed by atoms with Gasteiger partial charge in [0.2, 0.25) is 5.91 Å². The van der Waals surface area contributed by atoms with Crippen LogP contribution in [0.3, 0.4) is 0 Å². The van der Waals surface area contributed by atoms with Gasteiger partial charge in [0.05, 0.1) is 17.7 Å². The molecule has 1 aliphatic carbocycles. The number of nitrogens with two attached hydrogens (primary N) is 1. The zero-order valence-corrected chi connectivity index (χ0v) is 17.0. The van der Waals surface area contributed by atoms with Crippen LogP contribution in [-0.4, -0.2) is 34.7 Å². The highest BCUT2D eigenvalue weighted by Crippen LogP contribution is 2.48. The number of nitrogens with one attached hydrogen (secondary N) is 1. The van der Waals surface area contributed by atoms with Crippen molar-refractivity contribution in [2.24, 2.45) is 5.73 Å². The Morgan fingerprint density at radius 1 is 1.29 bits per heavy atom. The van der Waals surface area contributed by atoms with Gasteiger partial charge in [0.25, 0.3) is 0 Å². The van der Waals surface area contributed by atoms with E-state index in [1.165, 1.54) is 0 Å². The monoisotopic (exact) mass is 398 g/mol. The van der Waals surface area contributed by atoms with Crippen LogP contribution in [0.25, 0.3) is 0 Å². The lowest BCUT2D eigenvalue weighted by Crippen LogP contribution is -2.44. The molecule has 3 N–H and O–H groups in total. The Kier molecular flexibility index (Phi) is 6.35. The lowest BCUT2D eigenvalue weighted by atomic mass is 9.98. The normalized spacial score (nSPS) is 14.5. The second-order valence-electron chi connectivity index (χ2n) is 7.47. The minimum absolute atomic E-state index is 0.00111. The van der Waals surface area contributed by atoms with E-state index in [2.05, 4.69) is 11.9 Å². The summed E-state index contributed by atoms with van der Waals surface area (Å²) in [7, 11) is 0. The molecule has 0 spiro atoms. The van der Waals surface area contributed by atoms with Gasteiger partial charge in [-0.05, 0) is 61.4 Å². The molecule has 0 aliphatic heterocycles. The zero-order chi connectivity index (χ0) is 20.1. The van der Waals surface area contributed by atoms with Crippen molar-refractivity contribution < 1.29 is 4.79 Å². The number of amides is 1. The summed E-state index contributed by atoms with van der Waals surface area (Å²) in [4.78, 5) is 19.6. The highest BCUT2D eigenvalue weighted by Gasteiger charge is 2.54. The standard InChI is InChI=1S/C22H27ClN4O/c1-2-16-8-9-19(26-14-16)22(10-11-22)21(28)27(15-20(24)25)12-4-6-17-5-3-7-18(23)13-17/h3,5,7-9,13-14H,2,4,6,10-12,15H2,1H3,(H3,24,25). The molecule has 2 aromatic rings. The maximum Gasteiger partial charge on any atom is 0.235 e. The van der Waals surface area contributed by atoms with Crippen LogP contribution in [0.2, 0.25) is 5.02 Å². The van der Waals surface area contributed by atoms with E-state index in [1.54, 1.807) is 4.90 Å². The van der Waals surface area contributed by atoms with Crippen LogP contribution in [0.4, 0.5) is 0 Å². The highest BCUT2D eigenvalue weighted by atomic mass is 35.5. The average Bonchev–Trinajstić information content (AvgIpc) is 3.48. The van der Waals surface area contributed by atoms with Crippen molar-refractivity contribution in [2.45, 2.75) is 44.4 Å². The van der Waals surface area contributed by atoms with E-state index in [0.29, 0.717) is 11.6 Å². The van der Waals surface area contributed by atoms with Crippen molar-refractivity contribution in [1.29, 1.82) is 5.41 Å². The molecule has 1 amide bonds. The van der Waals surface area contributed by atoms with E-state index in [1.807, 2.05) is 42.6 Å². The Morgan fingerprint density at radius 3 is 2.64 bits per heavy atom. The molecule has 1 saturated carbocycles. The summed E-state index contributed by atoms with van der Waals surface area (Å²) in [6.07, 6.45) is 5.99. The maximum absolute atomic E-state index is 13.3. The first-order valence-electron chi connectivity index (χ1n) is 9.77. The van der Waals surface area contributed by atoms with Gasteiger partial charge in [-0.2, -0.15) is 0 Å². The number of carbonyl (C=O) groups excluding carboxylic acids is 1. The lowest BCUT2D eigenvalue weighted by molar-refractivity contribution is -0.133. The summed E-state index contributed by atoms with van der Waals surface area (Å²) in [6, 6.07) is 11.8. The number of amidine groups is 1. The summed E-state index contributed by atoms with van der Waals surface area (Å²) in [6.45, 7) is 2.80. The largest absolute Gasteiger partial charge is 0.386 e. The third-order valence-electron chi connectivity index (χ3n) is 5.31. The number of hydrogen-bond acceptors (Lipinski definition) is 3. The van der Waals surface area contributed by atoms with Crippen LogP contribution in [0.5, 0.6) is 0 Å². The third kappa shape index (κ3) is 4.71. The average molecular weight is 399 g/mol. The topological polar surface area (TPSA) is 83.1 Å². The van der Waals surface area contributed by atoms with Gasteiger partial charge in [0, 0.05) is 17.8 Å². The smallest absolute Gasteiger partial charge is 0.235 e. The van der Waals surface area contributed by atoms with E-state index in [9.17, 15) is 4.79 Å². The molecule has 1 aromatic carbocycles. The van der Waals surface area contributed by atoms with E-state index < -0.39 is 5.41 Å². The fourth-order valence-electron chi connectivity index (χ4n) is 3.55. The van der Waals surface area contributed by atoms with Gasteiger partial charge >= 0.3 is 0 Å². The molecule has 0 unspecified atom stereocenters. The second-order valence-corrected chi connectivity index (χ2v) is 7.91. The number of aromatic nitrogens is 1. The predicted octanol–water partition coefficient (Wildman–Crippen LogP) is 3.73. The number of nitrogens with zero attached hydrogens (tertiary/aromatic N) is 2. The van der Waals surface area contributed by atoms with Gasteiger partial charge in [-0.25, -0.2) is 0 Å². The fourth-order valence-corrected chi connectivity index (χ4v) is 3.76. The first-order valence-corrected chi connectivity index (χ1v) is 10.1. The molecule has 1 aliphatic rings. The van der Waals surface area contributed by atoms with Crippen LogP contribution in [-0.2, 0) is 23.1 Å². The number of carbonyl (C=O) groups is 1. The van der Waals surface area contributed by atoms with E-state index in [-0.39, 0.29) is 18.3 Å². The highest BCUT2D eigenvalue weighted by molar-refractivity contribution is 6.30. The SMILES string of the molecule is CCc1ccc(C2(C(=O)N(CCCc3cccc(Cl)c3)CC(=N)N)CC2)nc1. The van der Waals surface area contributed by atoms with Gasteiger partial charge in [0.1, 0.15) is 5.84 Å². The van der Waals surface area contributed by atoms with Crippen LogP contribution >= 0.6 is 11.6 Å². The lowest BCUT2D eigenvalue weighted by Gasteiger charge is -2.27. The Morgan fingerprint density at radius 2 is 2.07 bits per heavy atom. The molecule has 3 rings (SSSR count). The zero-order valence-electron chi connectivity index (χ0n) is 16.2. The molecule has 1 fully saturated rings. The van der Waals surface area contributed by atoms with Crippen molar-refractivity contribution in [1.82, 2.24) is 9.88 Å². The van der Waals surface area contributed by atoms with E-state index in [4.69, 9.17) is 22.7 Å². The summed E-state index contributed by atoms with van der Waals surface area (Å²) in [5, 5.41) is 8.39. The van der Waals surface area contributed by atoms with Gasteiger partial charge in [-0.15, -0.1) is 0 Å². The van der Waals surface area contributed by atoms with Crippen LogP contribution < -0.4 is 5.73 Å². The molecular formula is C22H27ClN4O. The summed E-state index contributed by atoms with van der Waals surface area (Å²) in [5.74, 6) is 0.0340. The Hall–Kier alpha value is -2.40. The predicted molar refractivity (Wildman–Crippen MR) is 113 cm³/mol. The summed E-state index contributed by atoms with van der Waals surface area (Å²) in [5.41, 5.74) is 8.22. The van der Waals surface area contributed by atoms with Crippen molar-refractivity contribution >= 4 is 23.3 Å². The van der Waals surface area contributed by atoms with Gasteiger partial charge < -0.3 is 10.6 Å². The molecular weight excluding hydrogens is 372 g/mol. The Balaban J connectivity index is 1.69. The number of rotatable bonds is 9. The van der Waals surface area contributed by atoms with Gasteiger partial charge in [0.15, 0.2) is 0 Å². The minimum Gasteiger partial charge on any atom is -0.386 e. The van der Waals surface area contributed by atoms with Gasteiger partial charge in [-0.3, -0.25) is 15.2 Å². The molecule has 28 heavy (non-hydrogen) atoms. The number of aryl methyl sites for hydroxylation is 2. The number of pyridine rings is 1. The molecule has 0 atom stereocenters. The molecule has 5 nitrogen and oxygen atoms in total. The summed E-state index contributed by atoms with van der Waals surface area (Å²) < 4.78 is 0. The third-order valence-corrected chi connectivity index (χ3v) is 5.55. The van der Waals surface area contributed by atoms with Crippen molar-refractivity contribution in [3.63, 3.8) is 0 Å². The van der Waals surface area contributed by atoms with Crippen LogP contribution in [0.1, 0.15) is 43.0 Å². The van der Waals surface area contributed by atoms with Crippen molar-refractivity contribution in [3.8, 4) is 0 Å². The Labute approximate surface area is 171 Å². The van der Waals surface area contributed by atoms with Crippen molar-refractivity contribution in [2.75, 3.05) is 13.1 Å². The van der Waals surface area contributed by atoms with Crippen LogP contribution in [0.15, 0.2) is 42.6 Å². The molecule has 0 radical (unpaired) electrons. The first kappa shape index (κ1) is 20.3. The summed E-state index contributed by atoms with van der Waals surface area (Å²) >= 11 is 6.05. The van der Waals surface area contributed by atoms with Crippen LogP contribution in [0, 0.1) is 5.41 Å². The number of halogens is 1. The van der Waals surface area contributed by atoms with Crippen molar-refractivity contribution in [3.05, 3.63) is 64.4 Å². The fraction of sp³-hybridized carbons (Fsp3) is 0.409. The molecule has 6 heteroatoms. The maximum atomic E-state index is 13.3. The van der Waals surface area contributed by atoms with Gasteiger partial charge in [-0.1, -0.05) is 36.7 Å². The quantitative estimate of drug-likeness (QED) is 0.498. The first-order chi connectivity index (χ1) is 13.4. The van der Waals surface area contributed by atoms with E-state index >= 15 is 0 Å². The number of benzene rings is 1. The second kappa shape index (κ2) is 8.74. The molecule has 1 heterocycles. The molecule has 0 bridgehead atoms.